The topological polar surface area (TPSA) is 73.8 Å². The standard InChI is InChI=1S/C29H31ClN4O3S2.ClH/c1-3-32(4-2)19-20-33(29-31-27-24(30)11-7-13-26(27)38-29)28(35)22-14-16-23(17-15-22)39(36,37)34-18-8-10-21-9-5-6-12-25(21)34;/h5-7,9,11-17H,3-4,8,10,18-20H2,1-2H3;1H. The molecule has 1 aliphatic heterocycles. The summed E-state index contributed by atoms with van der Waals surface area (Å²) in [6.45, 7) is 7.48. The molecule has 5 rings (SSSR count). The largest absolute Gasteiger partial charge is 0.302 e. The van der Waals surface area contributed by atoms with Gasteiger partial charge in [-0.25, -0.2) is 13.4 Å². The zero-order valence-corrected chi connectivity index (χ0v) is 25.6. The highest BCUT2D eigenvalue weighted by molar-refractivity contribution is 7.92. The van der Waals surface area contributed by atoms with Crippen LogP contribution in [0.1, 0.15) is 36.2 Å². The summed E-state index contributed by atoms with van der Waals surface area (Å²) in [5, 5.41) is 1.11. The third-order valence-electron chi connectivity index (χ3n) is 7.13. The molecule has 212 valence electrons. The second kappa shape index (κ2) is 12.9. The Morgan fingerprint density at radius 2 is 1.73 bits per heavy atom. The van der Waals surface area contributed by atoms with Crippen LogP contribution in [0.2, 0.25) is 5.02 Å². The first kappa shape index (κ1) is 30.3. The van der Waals surface area contributed by atoms with Crippen molar-refractivity contribution in [1.82, 2.24) is 9.88 Å². The fraction of sp³-hybridized carbons (Fsp3) is 0.310. The van der Waals surface area contributed by atoms with Gasteiger partial charge in [-0.15, -0.1) is 12.4 Å². The van der Waals surface area contributed by atoms with Crippen molar-refractivity contribution in [2.45, 2.75) is 31.6 Å². The van der Waals surface area contributed by atoms with E-state index in [-0.39, 0.29) is 23.2 Å². The fourth-order valence-corrected chi connectivity index (χ4v) is 7.72. The molecule has 0 unspecified atom stereocenters. The molecule has 2 heterocycles. The molecule has 1 aliphatic rings. The quantitative estimate of drug-likeness (QED) is 0.214. The number of amides is 1. The van der Waals surface area contributed by atoms with Crippen LogP contribution >= 0.6 is 35.3 Å². The van der Waals surface area contributed by atoms with Crippen LogP contribution in [-0.2, 0) is 16.4 Å². The highest BCUT2D eigenvalue weighted by Gasteiger charge is 2.29. The molecule has 7 nitrogen and oxygen atoms in total. The molecule has 0 spiro atoms. The van der Waals surface area contributed by atoms with Crippen molar-refractivity contribution in [2.75, 3.05) is 41.9 Å². The molecular formula is C29H32Cl2N4O3S2. The number of halogens is 2. The lowest BCUT2D eigenvalue weighted by molar-refractivity contribution is 0.0983. The van der Waals surface area contributed by atoms with E-state index in [1.54, 1.807) is 23.1 Å². The van der Waals surface area contributed by atoms with Gasteiger partial charge in [-0.1, -0.05) is 61.1 Å². The lowest BCUT2D eigenvalue weighted by Gasteiger charge is -2.30. The summed E-state index contributed by atoms with van der Waals surface area (Å²) in [6, 6.07) is 19.4. The summed E-state index contributed by atoms with van der Waals surface area (Å²) in [7, 11) is -3.76. The number of hydrogen-bond donors (Lipinski definition) is 0. The van der Waals surface area contributed by atoms with Crippen molar-refractivity contribution in [3.05, 3.63) is 82.9 Å². The third kappa shape index (κ3) is 5.99. The number of aryl methyl sites for hydroxylation is 1. The zero-order chi connectivity index (χ0) is 27.6. The van der Waals surface area contributed by atoms with Crippen molar-refractivity contribution in [3.8, 4) is 0 Å². The number of likely N-dealkylation sites (N-methyl/N-ethyl adjacent to an activating group) is 1. The molecule has 0 saturated heterocycles. The van der Waals surface area contributed by atoms with Gasteiger partial charge in [0, 0.05) is 25.2 Å². The second-order valence-electron chi connectivity index (χ2n) is 9.40. The third-order valence-corrected chi connectivity index (χ3v) is 10.3. The summed E-state index contributed by atoms with van der Waals surface area (Å²) in [6.07, 6.45) is 1.62. The van der Waals surface area contributed by atoms with Gasteiger partial charge in [0.15, 0.2) is 5.13 Å². The molecule has 0 atom stereocenters. The van der Waals surface area contributed by atoms with Crippen molar-refractivity contribution in [3.63, 3.8) is 0 Å². The van der Waals surface area contributed by atoms with Crippen LogP contribution in [0.5, 0.6) is 0 Å². The minimum absolute atomic E-state index is 0. The number of para-hydroxylation sites is 2. The van der Waals surface area contributed by atoms with Crippen LogP contribution in [0.25, 0.3) is 10.2 Å². The number of hydrogen-bond acceptors (Lipinski definition) is 6. The molecule has 0 saturated carbocycles. The number of sulfonamides is 1. The summed E-state index contributed by atoms with van der Waals surface area (Å²) in [5.74, 6) is -0.232. The predicted molar refractivity (Wildman–Crippen MR) is 167 cm³/mol. The number of benzene rings is 3. The maximum absolute atomic E-state index is 13.8. The Morgan fingerprint density at radius 1 is 1.00 bits per heavy atom. The first-order valence-corrected chi connectivity index (χ1v) is 15.8. The van der Waals surface area contributed by atoms with E-state index in [2.05, 4.69) is 18.7 Å². The van der Waals surface area contributed by atoms with Crippen molar-refractivity contribution >= 4 is 72.3 Å². The number of carbonyl (C=O) groups is 1. The van der Waals surface area contributed by atoms with Crippen LogP contribution in [0.3, 0.4) is 0 Å². The minimum Gasteiger partial charge on any atom is -0.302 e. The number of nitrogens with zero attached hydrogens (tertiary/aromatic N) is 4. The van der Waals surface area contributed by atoms with Crippen LogP contribution < -0.4 is 9.21 Å². The van der Waals surface area contributed by atoms with Gasteiger partial charge >= 0.3 is 0 Å². The SMILES string of the molecule is CCN(CC)CCN(C(=O)c1ccc(S(=O)(=O)N2CCCc3ccccc32)cc1)c1nc2c(Cl)cccc2s1.Cl. The van der Waals surface area contributed by atoms with Gasteiger partial charge in [-0.05, 0) is 74.0 Å². The molecule has 1 amide bonds. The Kier molecular flexibility index (Phi) is 9.74. The lowest BCUT2D eigenvalue weighted by atomic mass is 10.0. The molecule has 11 heteroatoms. The van der Waals surface area contributed by atoms with Crippen molar-refractivity contribution in [1.29, 1.82) is 0 Å². The average Bonchev–Trinajstić information content (AvgIpc) is 3.40. The number of aromatic nitrogens is 1. The summed E-state index contributed by atoms with van der Waals surface area (Å²) in [4.78, 5) is 22.6. The van der Waals surface area contributed by atoms with Gasteiger partial charge in [0.05, 0.1) is 20.3 Å². The molecular weight excluding hydrogens is 587 g/mol. The lowest BCUT2D eigenvalue weighted by Crippen LogP contribution is -2.39. The monoisotopic (exact) mass is 618 g/mol. The normalized spacial score (nSPS) is 13.2. The van der Waals surface area contributed by atoms with Gasteiger partial charge in [-0.2, -0.15) is 0 Å². The van der Waals surface area contributed by atoms with Gasteiger partial charge in [-0.3, -0.25) is 14.0 Å². The van der Waals surface area contributed by atoms with Crippen molar-refractivity contribution < 1.29 is 13.2 Å². The molecule has 0 radical (unpaired) electrons. The molecule has 0 N–H and O–H groups in total. The maximum atomic E-state index is 13.8. The Morgan fingerprint density at radius 3 is 2.42 bits per heavy atom. The Balaban J connectivity index is 0.00000370. The average molecular weight is 620 g/mol. The van der Waals surface area contributed by atoms with Crippen LogP contribution in [-0.4, -0.2) is 56.9 Å². The van der Waals surface area contributed by atoms with E-state index in [4.69, 9.17) is 16.6 Å². The number of rotatable bonds is 9. The van der Waals surface area contributed by atoms with Gasteiger partial charge < -0.3 is 4.90 Å². The first-order chi connectivity index (χ1) is 18.8. The van der Waals surface area contributed by atoms with Crippen LogP contribution in [0, 0.1) is 0 Å². The van der Waals surface area contributed by atoms with Gasteiger partial charge in [0.1, 0.15) is 5.52 Å². The van der Waals surface area contributed by atoms with Crippen LogP contribution in [0.15, 0.2) is 71.6 Å². The number of thiazole rings is 1. The summed E-state index contributed by atoms with van der Waals surface area (Å²) < 4.78 is 29.5. The van der Waals surface area contributed by atoms with Crippen molar-refractivity contribution in [2.24, 2.45) is 0 Å². The molecule has 0 bridgehead atoms. The fourth-order valence-electron chi connectivity index (χ4n) is 4.89. The van der Waals surface area contributed by atoms with E-state index in [1.807, 2.05) is 36.4 Å². The van der Waals surface area contributed by atoms with E-state index in [0.29, 0.717) is 40.9 Å². The summed E-state index contributed by atoms with van der Waals surface area (Å²) in [5.41, 5.74) is 2.82. The van der Waals surface area contributed by atoms with E-state index < -0.39 is 10.0 Å². The molecule has 40 heavy (non-hydrogen) atoms. The zero-order valence-electron chi connectivity index (χ0n) is 22.4. The molecule has 1 aromatic heterocycles. The second-order valence-corrected chi connectivity index (χ2v) is 12.7. The smallest absolute Gasteiger partial charge is 0.264 e. The van der Waals surface area contributed by atoms with Gasteiger partial charge in [0.25, 0.3) is 15.9 Å². The van der Waals surface area contributed by atoms with Gasteiger partial charge in [0.2, 0.25) is 0 Å². The van der Waals surface area contributed by atoms with Crippen LogP contribution in [0.4, 0.5) is 10.8 Å². The maximum Gasteiger partial charge on any atom is 0.264 e. The Hall–Kier alpha value is -2.69. The van der Waals surface area contributed by atoms with E-state index in [9.17, 15) is 13.2 Å². The Bertz CT molecular complexity index is 1590. The number of fused-ring (bicyclic) bond motifs is 2. The summed E-state index contributed by atoms with van der Waals surface area (Å²) >= 11 is 7.79. The molecule has 0 fully saturated rings. The molecule has 3 aromatic carbocycles. The molecule has 4 aromatic rings. The van der Waals surface area contributed by atoms with E-state index >= 15 is 0 Å². The van der Waals surface area contributed by atoms with E-state index in [1.165, 1.54) is 27.8 Å². The minimum atomic E-state index is -3.76. The highest BCUT2D eigenvalue weighted by Crippen LogP contribution is 2.34. The number of carbonyl (C=O) groups excluding carboxylic acids is 1. The highest BCUT2D eigenvalue weighted by atomic mass is 35.5. The molecule has 0 aliphatic carbocycles. The van der Waals surface area contributed by atoms with E-state index in [0.717, 1.165) is 41.9 Å². The predicted octanol–water partition coefficient (Wildman–Crippen LogP) is 6.50. The number of anilines is 2. The Labute approximate surface area is 250 Å². The first-order valence-electron chi connectivity index (χ1n) is 13.1.